The molecule has 2 aromatic rings. The molecule has 9 heteroatoms. The average Bonchev–Trinajstić information content (AvgIpc) is 3.15. The van der Waals surface area contributed by atoms with Crippen molar-refractivity contribution in [1.29, 1.82) is 5.41 Å². The number of aryl methyl sites for hydroxylation is 1. The van der Waals surface area contributed by atoms with E-state index in [4.69, 9.17) is 21.7 Å². The van der Waals surface area contributed by atoms with Gasteiger partial charge >= 0.3 is 0 Å². The van der Waals surface area contributed by atoms with E-state index in [1.807, 2.05) is 6.92 Å². The smallest absolute Gasteiger partial charge is 0.186 e. The highest BCUT2D eigenvalue weighted by Crippen LogP contribution is 2.42. The van der Waals surface area contributed by atoms with Crippen LogP contribution in [0.5, 0.6) is 11.5 Å². The fourth-order valence-electron chi connectivity index (χ4n) is 2.32. The predicted molar refractivity (Wildman–Crippen MR) is 100.0 cm³/mol. The van der Waals surface area contributed by atoms with Gasteiger partial charge in [-0.3, -0.25) is 10.2 Å². The van der Waals surface area contributed by atoms with Crippen LogP contribution < -0.4 is 4.74 Å². The molecule has 0 amide bonds. The van der Waals surface area contributed by atoms with Gasteiger partial charge in [0.15, 0.2) is 17.3 Å². The molecule has 1 atom stereocenters. The van der Waals surface area contributed by atoms with Gasteiger partial charge in [-0.05, 0) is 30.2 Å². The van der Waals surface area contributed by atoms with Crippen LogP contribution in [0, 0.1) is 5.41 Å². The quantitative estimate of drug-likeness (QED) is 0.762. The summed E-state index contributed by atoms with van der Waals surface area (Å²) in [6.45, 7) is 1.97. The maximum absolute atomic E-state index is 12.7. The summed E-state index contributed by atoms with van der Waals surface area (Å²) < 4.78 is 5.07. The number of phenols is 1. The standard InChI is InChI=1S/C16H14ClN3O3S2/c1-3-11-19-20-16(25-11)12-14(22)10(24-15(12)18)6-7-4-8(17)13(21)9(5-7)23-2/h4-6,12,18,21H,3H2,1-2H3/b10-6-,18-15?/t12-/m0/s1. The maximum Gasteiger partial charge on any atom is 0.186 e. The minimum absolute atomic E-state index is 0.130. The fourth-order valence-corrected chi connectivity index (χ4v) is 4.50. The molecule has 1 aliphatic heterocycles. The highest BCUT2D eigenvalue weighted by molar-refractivity contribution is 8.19. The van der Waals surface area contributed by atoms with Gasteiger partial charge in [0, 0.05) is 0 Å². The predicted octanol–water partition coefficient (Wildman–Crippen LogP) is 3.89. The lowest BCUT2D eigenvalue weighted by molar-refractivity contribution is -0.114. The number of aromatic nitrogens is 2. The van der Waals surface area contributed by atoms with Crippen molar-refractivity contribution < 1.29 is 14.6 Å². The van der Waals surface area contributed by atoms with E-state index in [9.17, 15) is 9.90 Å². The monoisotopic (exact) mass is 395 g/mol. The Bertz CT molecular complexity index is 895. The molecule has 3 rings (SSSR count). The molecule has 1 fully saturated rings. The lowest BCUT2D eigenvalue weighted by Crippen LogP contribution is -2.11. The Kier molecular flexibility index (Phi) is 5.12. The number of hydrogen-bond acceptors (Lipinski definition) is 8. The van der Waals surface area contributed by atoms with Crippen LogP contribution in [-0.2, 0) is 11.2 Å². The van der Waals surface area contributed by atoms with Gasteiger partial charge in [-0.25, -0.2) is 0 Å². The van der Waals surface area contributed by atoms with Crippen LogP contribution in [0.25, 0.3) is 6.08 Å². The van der Waals surface area contributed by atoms with E-state index < -0.39 is 5.92 Å². The Morgan fingerprint density at radius 3 is 2.84 bits per heavy atom. The molecule has 0 aliphatic carbocycles. The summed E-state index contributed by atoms with van der Waals surface area (Å²) in [7, 11) is 1.42. The summed E-state index contributed by atoms with van der Waals surface area (Å²) in [5.41, 5.74) is 0.607. The normalized spacial score (nSPS) is 19.0. The molecule has 2 N–H and O–H groups in total. The van der Waals surface area contributed by atoms with E-state index >= 15 is 0 Å². The molecule has 6 nitrogen and oxygen atoms in total. The number of ketones is 1. The number of nitrogens with zero attached hydrogens (tertiary/aromatic N) is 2. The summed E-state index contributed by atoms with van der Waals surface area (Å²) >= 11 is 8.44. The molecular weight excluding hydrogens is 382 g/mol. The van der Waals surface area contributed by atoms with Crippen LogP contribution in [0.4, 0.5) is 0 Å². The molecule has 1 saturated heterocycles. The number of halogens is 1. The molecule has 25 heavy (non-hydrogen) atoms. The van der Waals surface area contributed by atoms with Crippen LogP contribution >= 0.6 is 34.7 Å². The molecule has 1 aliphatic rings. The third-order valence-electron chi connectivity index (χ3n) is 3.59. The first kappa shape index (κ1) is 17.9. The van der Waals surface area contributed by atoms with E-state index in [1.54, 1.807) is 12.1 Å². The van der Waals surface area contributed by atoms with E-state index in [-0.39, 0.29) is 27.3 Å². The summed E-state index contributed by atoms with van der Waals surface area (Å²) in [5.74, 6) is -0.804. The number of hydrogen-bond donors (Lipinski definition) is 2. The summed E-state index contributed by atoms with van der Waals surface area (Å²) in [6.07, 6.45) is 2.38. The molecule has 0 saturated carbocycles. The van der Waals surface area contributed by atoms with Gasteiger partial charge < -0.3 is 9.84 Å². The number of ether oxygens (including phenoxy) is 1. The summed E-state index contributed by atoms with van der Waals surface area (Å²) in [5, 5.41) is 27.8. The number of carbonyl (C=O) groups is 1. The van der Waals surface area contributed by atoms with Gasteiger partial charge in [0.2, 0.25) is 0 Å². The van der Waals surface area contributed by atoms with Crippen molar-refractivity contribution in [1.82, 2.24) is 10.2 Å². The van der Waals surface area contributed by atoms with Crippen molar-refractivity contribution in [2.45, 2.75) is 19.3 Å². The molecule has 1 aromatic heterocycles. The Morgan fingerprint density at radius 2 is 2.20 bits per heavy atom. The zero-order valence-electron chi connectivity index (χ0n) is 13.4. The highest BCUT2D eigenvalue weighted by atomic mass is 35.5. The number of phenolic OH excluding ortho intramolecular Hbond substituents is 1. The number of nitrogens with one attached hydrogen (secondary N) is 1. The van der Waals surface area contributed by atoms with Gasteiger partial charge in [-0.1, -0.05) is 30.3 Å². The topological polar surface area (TPSA) is 96.2 Å². The zero-order chi connectivity index (χ0) is 18.1. The molecule has 0 unspecified atom stereocenters. The first-order valence-electron chi connectivity index (χ1n) is 7.35. The molecule has 0 bridgehead atoms. The second kappa shape index (κ2) is 7.15. The molecule has 2 heterocycles. The first-order valence-corrected chi connectivity index (χ1v) is 9.36. The van der Waals surface area contributed by atoms with Crippen LogP contribution in [0.3, 0.4) is 0 Å². The first-order chi connectivity index (χ1) is 11.9. The number of methoxy groups -OCH3 is 1. The molecule has 0 spiro atoms. The minimum atomic E-state index is -0.691. The van der Waals surface area contributed by atoms with Gasteiger partial charge in [0.25, 0.3) is 0 Å². The van der Waals surface area contributed by atoms with Crippen LogP contribution in [0.2, 0.25) is 5.02 Å². The average molecular weight is 396 g/mol. The number of rotatable bonds is 4. The number of aromatic hydroxyl groups is 1. The van der Waals surface area contributed by atoms with E-state index in [0.717, 1.165) is 23.2 Å². The minimum Gasteiger partial charge on any atom is -0.503 e. The highest BCUT2D eigenvalue weighted by Gasteiger charge is 2.39. The van der Waals surface area contributed by atoms with Crippen molar-refractivity contribution in [2.24, 2.45) is 0 Å². The van der Waals surface area contributed by atoms with Gasteiger partial charge in [-0.15, -0.1) is 21.5 Å². The number of thioether (sulfide) groups is 1. The number of Topliss-reactive ketones (excluding diaryl/α,β-unsaturated/α-hetero) is 1. The van der Waals surface area contributed by atoms with Gasteiger partial charge in [0.05, 0.1) is 22.1 Å². The SMILES string of the molecule is CCc1nnc([C@@H]2C(=N)S/C(=C\c3cc(Cl)c(O)c(OC)c3)C2=O)s1. The second-order valence-corrected chi connectivity index (χ2v) is 7.80. The number of carbonyl (C=O) groups excluding carboxylic acids is 1. The third-order valence-corrected chi connectivity index (χ3v) is 6.00. The third kappa shape index (κ3) is 3.42. The lowest BCUT2D eigenvalue weighted by Gasteiger charge is -2.06. The summed E-state index contributed by atoms with van der Waals surface area (Å²) in [4.78, 5) is 13.1. The second-order valence-electron chi connectivity index (χ2n) is 5.21. The molecular formula is C16H14ClN3O3S2. The Labute approximate surface area is 157 Å². The van der Waals surface area contributed by atoms with Crippen LogP contribution in [0.1, 0.15) is 28.4 Å². The van der Waals surface area contributed by atoms with Crippen molar-refractivity contribution in [3.63, 3.8) is 0 Å². The maximum atomic E-state index is 12.7. The van der Waals surface area contributed by atoms with Crippen molar-refractivity contribution in [3.05, 3.63) is 37.6 Å². The Hall–Kier alpha value is -1.90. The number of allylic oxidation sites excluding steroid dienone is 1. The van der Waals surface area contributed by atoms with E-state index in [0.29, 0.717) is 15.5 Å². The van der Waals surface area contributed by atoms with E-state index in [2.05, 4.69) is 10.2 Å². The van der Waals surface area contributed by atoms with Crippen molar-refractivity contribution in [3.8, 4) is 11.5 Å². The largest absolute Gasteiger partial charge is 0.503 e. The zero-order valence-corrected chi connectivity index (χ0v) is 15.8. The number of benzene rings is 1. The summed E-state index contributed by atoms with van der Waals surface area (Å²) in [6, 6.07) is 3.12. The lowest BCUT2D eigenvalue weighted by atomic mass is 10.1. The van der Waals surface area contributed by atoms with Crippen molar-refractivity contribution >= 4 is 51.6 Å². The van der Waals surface area contributed by atoms with Gasteiger partial charge in [-0.2, -0.15) is 0 Å². The molecule has 0 radical (unpaired) electrons. The fraction of sp³-hybridized carbons (Fsp3) is 0.250. The van der Waals surface area contributed by atoms with Crippen LogP contribution in [0.15, 0.2) is 17.0 Å². The van der Waals surface area contributed by atoms with E-state index in [1.165, 1.54) is 24.5 Å². The van der Waals surface area contributed by atoms with Crippen molar-refractivity contribution in [2.75, 3.05) is 7.11 Å². The van der Waals surface area contributed by atoms with Gasteiger partial charge in [0.1, 0.15) is 15.9 Å². The Morgan fingerprint density at radius 1 is 1.44 bits per heavy atom. The van der Waals surface area contributed by atoms with Crippen LogP contribution in [-0.4, -0.2) is 33.2 Å². The molecule has 130 valence electrons. The Balaban J connectivity index is 1.94. The molecule has 1 aromatic carbocycles.